The Hall–Kier alpha value is -3.09. The Balaban J connectivity index is 1.54. The van der Waals surface area contributed by atoms with Gasteiger partial charge in [0, 0.05) is 24.7 Å². The molecule has 7 heteroatoms. The number of amides is 1. The number of benzene rings is 1. The second kappa shape index (κ2) is 6.78. The maximum Gasteiger partial charge on any atom is 0.271 e. The summed E-state index contributed by atoms with van der Waals surface area (Å²) in [4.78, 5) is 24.4. The van der Waals surface area contributed by atoms with E-state index in [1.54, 1.807) is 6.20 Å². The van der Waals surface area contributed by atoms with E-state index in [0.717, 1.165) is 17.1 Å². The van der Waals surface area contributed by atoms with Crippen LogP contribution in [0.1, 0.15) is 22.0 Å². The molecule has 116 valence electrons. The van der Waals surface area contributed by atoms with E-state index in [1.807, 2.05) is 37.3 Å². The molecule has 3 aromatic rings. The molecule has 0 aliphatic carbocycles. The number of carbonyl (C=O) groups excluding carboxylic acids is 1. The summed E-state index contributed by atoms with van der Waals surface area (Å²) in [5.41, 5.74) is 2.03. The Bertz CT molecular complexity index is 782. The summed E-state index contributed by atoms with van der Waals surface area (Å²) in [6.45, 7) is 2.26. The number of hydrogen-bond donors (Lipinski definition) is 2. The minimum Gasteiger partial charge on any atom is -0.350 e. The summed E-state index contributed by atoms with van der Waals surface area (Å²) in [6, 6.07) is 9.72. The minimum atomic E-state index is -0.250. The number of hydrogen-bond acceptors (Lipinski definition) is 5. The van der Waals surface area contributed by atoms with Gasteiger partial charge in [-0.3, -0.25) is 14.9 Å². The smallest absolute Gasteiger partial charge is 0.271 e. The summed E-state index contributed by atoms with van der Waals surface area (Å²) in [5, 5.41) is 9.85. The van der Waals surface area contributed by atoms with Crippen LogP contribution in [0.2, 0.25) is 0 Å². The van der Waals surface area contributed by atoms with Crippen molar-refractivity contribution in [1.82, 2.24) is 30.5 Å². The highest BCUT2D eigenvalue weighted by atomic mass is 16.1. The van der Waals surface area contributed by atoms with Gasteiger partial charge in [0.15, 0.2) is 5.82 Å². The van der Waals surface area contributed by atoms with Crippen molar-refractivity contribution in [3.8, 4) is 11.4 Å². The molecule has 0 saturated carbocycles. The van der Waals surface area contributed by atoms with Gasteiger partial charge in [0.1, 0.15) is 11.5 Å². The van der Waals surface area contributed by atoms with Crippen molar-refractivity contribution in [2.24, 2.45) is 0 Å². The number of carbonyl (C=O) groups is 1. The molecule has 0 fully saturated rings. The maximum atomic E-state index is 11.9. The molecule has 1 aromatic carbocycles. The number of aromatic nitrogens is 5. The van der Waals surface area contributed by atoms with E-state index in [0.29, 0.717) is 24.5 Å². The van der Waals surface area contributed by atoms with Gasteiger partial charge in [-0.05, 0) is 6.92 Å². The quantitative estimate of drug-likeness (QED) is 0.745. The van der Waals surface area contributed by atoms with Crippen molar-refractivity contribution in [3.63, 3.8) is 0 Å². The van der Waals surface area contributed by atoms with Crippen molar-refractivity contribution in [2.45, 2.75) is 13.3 Å². The molecule has 0 aliphatic rings. The third-order valence-electron chi connectivity index (χ3n) is 3.22. The predicted molar refractivity (Wildman–Crippen MR) is 84.6 cm³/mol. The Morgan fingerprint density at radius 2 is 2.00 bits per heavy atom. The first-order chi connectivity index (χ1) is 11.2. The van der Waals surface area contributed by atoms with Crippen LogP contribution in [0, 0.1) is 6.92 Å². The molecule has 23 heavy (non-hydrogen) atoms. The number of nitrogens with zero attached hydrogens (tertiary/aromatic N) is 4. The van der Waals surface area contributed by atoms with Gasteiger partial charge in [0.25, 0.3) is 5.91 Å². The minimum absolute atomic E-state index is 0.250. The first kappa shape index (κ1) is 14.8. The van der Waals surface area contributed by atoms with E-state index in [9.17, 15) is 4.79 Å². The van der Waals surface area contributed by atoms with Crippen LogP contribution in [0.25, 0.3) is 11.4 Å². The third-order valence-corrected chi connectivity index (χ3v) is 3.22. The van der Waals surface area contributed by atoms with Crippen molar-refractivity contribution < 1.29 is 4.79 Å². The van der Waals surface area contributed by atoms with Gasteiger partial charge >= 0.3 is 0 Å². The monoisotopic (exact) mass is 308 g/mol. The molecule has 0 aliphatic heterocycles. The largest absolute Gasteiger partial charge is 0.350 e. The molecule has 0 unspecified atom stereocenters. The lowest BCUT2D eigenvalue weighted by Gasteiger charge is -2.02. The third kappa shape index (κ3) is 3.76. The molecule has 0 saturated heterocycles. The molecule has 0 radical (unpaired) electrons. The first-order valence-corrected chi connectivity index (χ1v) is 7.26. The van der Waals surface area contributed by atoms with E-state index in [2.05, 4.69) is 30.5 Å². The second-order valence-corrected chi connectivity index (χ2v) is 5.02. The van der Waals surface area contributed by atoms with E-state index in [1.165, 1.54) is 6.20 Å². The van der Waals surface area contributed by atoms with Crippen LogP contribution in [0.4, 0.5) is 0 Å². The van der Waals surface area contributed by atoms with Gasteiger partial charge in [-0.2, -0.15) is 5.10 Å². The average Bonchev–Trinajstić information content (AvgIpc) is 3.05. The topological polar surface area (TPSA) is 96.5 Å². The first-order valence-electron chi connectivity index (χ1n) is 7.26. The normalized spacial score (nSPS) is 10.5. The van der Waals surface area contributed by atoms with Crippen LogP contribution in [0.15, 0.2) is 42.7 Å². The number of nitrogens with one attached hydrogen (secondary N) is 2. The fourth-order valence-corrected chi connectivity index (χ4v) is 2.02. The highest BCUT2D eigenvalue weighted by Gasteiger charge is 2.08. The van der Waals surface area contributed by atoms with Crippen LogP contribution in [0.5, 0.6) is 0 Å². The van der Waals surface area contributed by atoms with Crippen LogP contribution in [-0.2, 0) is 6.42 Å². The molecular formula is C16H16N6O. The molecule has 1 amide bonds. The van der Waals surface area contributed by atoms with Crippen molar-refractivity contribution in [1.29, 1.82) is 0 Å². The fraction of sp³-hybridized carbons (Fsp3) is 0.188. The molecule has 2 heterocycles. The maximum absolute atomic E-state index is 11.9. The fourth-order valence-electron chi connectivity index (χ4n) is 2.02. The predicted octanol–water partition coefficient (Wildman–Crippen LogP) is 1.54. The number of H-pyrrole nitrogens is 1. The van der Waals surface area contributed by atoms with Crippen LogP contribution in [0.3, 0.4) is 0 Å². The van der Waals surface area contributed by atoms with Gasteiger partial charge < -0.3 is 5.32 Å². The number of rotatable bonds is 5. The number of aryl methyl sites for hydroxylation is 1. The van der Waals surface area contributed by atoms with E-state index in [-0.39, 0.29) is 5.91 Å². The second-order valence-electron chi connectivity index (χ2n) is 5.02. The lowest BCUT2D eigenvalue weighted by Crippen LogP contribution is -2.27. The Morgan fingerprint density at radius 1 is 1.17 bits per heavy atom. The SMILES string of the molecule is Cc1cnc(C(=O)NCCc2nc(-c3ccccc3)n[nH]2)cn1. The zero-order valence-electron chi connectivity index (χ0n) is 12.7. The van der Waals surface area contributed by atoms with E-state index < -0.39 is 0 Å². The number of aromatic amines is 1. The molecule has 0 atom stereocenters. The van der Waals surface area contributed by atoms with Crippen LogP contribution < -0.4 is 5.32 Å². The van der Waals surface area contributed by atoms with Crippen molar-refractivity contribution in [2.75, 3.05) is 6.54 Å². The molecule has 7 nitrogen and oxygen atoms in total. The average molecular weight is 308 g/mol. The molecule has 0 spiro atoms. The summed E-state index contributed by atoms with van der Waals surface area (Å²) in [7, 11) is 0. The highest BCUT2D eigenvalue weighted by molar-refractivity contribution is 5.91. The summed E-state index contributed by atoms with van der Waals surface area (Å²) < 4.78 is 0. The standard InChI is InChI=1S/C16H16N6O/c1-11-9-19-13(10-18-11)16(23)17-8-7-14-20-15(22-21-14)12-5-3-2-4-6-12/h2-6,9-10H,7-8H2,1H3,(H,17,23)(H,20,21,22). The van der Waals surface area contributed by atoms with Gasteiger partial charge in [-0.15, -0.1) is 0 Å². The van der Waals surface area contributed by atoms with Gasteiger partial charge in [0.05, 0.1) is 11.9 Å². The Morgan fingerprint density at radius 3 is 2.74 bits per heavy atom. The van der Waals surface area contributed by atoms with E-state index in [4.69, 9.17) is 0 Å². The zero-order chi connectivity index (χ0) is 16.1. The Kier molecular flexibility index (Phi) is 4.37. The van der Waals surface area contributed by atoms with Gasteiger partial charge in [0.2, 0.25) is 0 Å². The summed E-state index contributed by atoms with van der Waals surface area (Å²) in [6.07, 6.45) is 3.59. The lowest BCUT2D eigenvalue weighted by atomic mass is 10.2. The highest BCUT2D eigenvalue weighted by Crippen LogP contribution is 2.13. The summed E-state index contributed by atoms with van der Waals surface area (Å²) >= 11 is 0. The van der Waals surface area contributed by atoms with Gasteiger partial charge in [-0.1, -0.05) is 30.3 Å². The van der Waals surface area contributed by atoms with Crippen molar-refractivity contribution >= 4 is 5.91 Å². The van der Waals surface area contributed by atoms with Gasteiger partial charge in [-0.25, -0.2) is 9.97 Å². The van der Waals surface area contributed by atoms with Crippen LogP contribution in [-0.4, -0.2) is 37.6 Å². The molecule has 2 aromatic heterocycles. The zero-order valence-corrected chi connectivity index (χ0v) is 12.7. The molecule has 3 rings (SSSR count). The van der Waals surface area contributed by atoms with Crippen molar-refractivity contribution in [3.05, 3.63) is 59.9 Å². The molecular weight excluding hydrogens is 292 g/mol. The van der Waals surface area contributed by atoms with Crippen LogP contribution >= 0.6 is 0 Å². The lowest BCUT2D eigenvalue weighted by molar-refractivity contribution is 0.0948. The van der Waals surface area contributed by atoms with E-state index >= 15 is 0 Å². The summed E-state index contributed by atoms with van der Waals surface area (Å²) in [5.74, 6) is 1.12. The molecule has 2 N–H and O–H groups in total. The Labute approximate surface area is 133 Å². The molecule has 0 bridgehead atoms.